The van der Waals surface area contributed by atoms with Crippen LogP contribution >= 0.6 is 0 Å². The number of allylic oxidation sites excluding steroid dienone is 18. The van der Waals surface area contributed by atoms with Crippen molar-refractivity contribution in [3.63, 3.8) is 0 Å². The van der Waals surface area contributed by atoms with Gasteiger partial charge < -0.3 is 14.2 Å². The largest absolute Gasteiger partial charge is 0.462 e. The Balaban J connectivity index is 4.36. The minimum Gasteiger partial charge on any atom is -0.462 e. The van der Waals surface area contributed by atoms with Crippen LogP contribution in [0.2, 0.25) is 0 Å². The van der Waals surface area contributed by atoms with Gasteiger partial charge in [0.25, 0.3) is 0 Å². The SMILES string of the molecule is CC/C=C\C/C=C\C/C=C\C/C=C\CCCCCCCOCC(COC(=O)CCCCCCCCC/C=C\C/C=C\C/C=C\CC)OC(=O)CCCCCCCCC/C=C\C/C=C\CCCCC. The maximum atomic E-state index is 12.9. The molecule has 0 aliphatic heterocycles. The van der Waals surface area contributed by atoms with E-state index in [9.17, 15) is 9.59 Å². The maximum Gasteiger partial charge on any atom is 0.306 e. The van der Waals surface area contributed by atoms with Gasteiger partial charge in [-0.1, -0.05) is 226 Å². The molecule has 0 spiro atoms. The van der Waals surface area contributed by atoms with Crippen molar-refractivity contribution in [1.29, 1.82) is 0 Å². The third-order valence-corrected chi connectivity index (χ3v) is 11.8. The molecule has 1 atom stereocenters. The van der Waals surface area contributed by atoms with E-state index in [1.165, 1.54) is 103 Å². The first-order chi connectivity index (χ1) is 33.6. The number of carbonyl (C=O) groups excluding carboxylic acids is 2. The van der Waals surface area contributed by atoms with Gasteiger partial charge >= 0.3 is 11.9 Å². The van der Waals surface area contributed by atoms with E-state index in [1.807, 2.05) is 0 Å². The molecule has 0 aliphatic carbocycles. The van der Waals surface area contributed by atoms with Crippen LogP contribution < -0.4 is 0 Å². The second-order valence-electron chi connectivity index (χ2n) is 18.4. The van der Waals surface area contributed by atoms with Crippen molar-refractivity contribution in [2.75, 3.05) is 19.8 Å². The predicted octanol–water partition coefficient (Wildman–Crippen LogP) is 19.6. The predicted molar refractivity (Wildman–Crippen MR) is 297 cm³/mol. The first-order valence-corrected chi connectivity index (χ1v) is 28.4. The Labute approximate surface area is 421 Å². The normalized spacial score (nSPS) is 13.0. The minimum absolute atomic E-state index is 0.0633. The number of hydrogen-bond acceptors (Lipinski definition) is 5. The number of esters is 2. The average molecular weight is 944 g/mol. The van der Waals surface area contributed by atoms with Gasteiger partial charge in [0, 0.05) is 19.4 Å². The molecule has 0 aliphatic rings. The highest BCUT2D eigenvalue weighted by Crippen LogP contribution is 2.14. The van der Waals surface area contributed by atoms with Crippen LogP contribution in [0.5, 0.6) is 0 Å². The van der Waals surface area contributed by atoms with Crippen molar-refractivity contribution in [2.45, 2.75) is 258 Å². The van der Waals surface area contributed by atoms with Crippen LogP contribution in [-0.4, -0.2) is 37.9 Å². The quantitative estimate of drug-likeness (QED) is 0.0345. The molecule has 0 rings (SSSR count). The summed E-state index contributed by atoms with van der Waals surface area (Å²) in [5.74, 6) is -0.429. The van der Waals surface area contributed by atoms with Crippen LogP contribution in [0.3, 0.4) is 0 Å². The van der Waals surface area contributed by atoms with E-state index >= 15 is 0 Å². The molecule has 0 aromatic rings. The zero-order chi connectivity index (χ0) is 49.2. The third kappa shape index (κ3) is 55.2. The molecule has 5 nitrogen and oxygen atoms in total. The zero-order valence-corrected chi connectivity index (χ0v) is 44.6. The molecule has 0 saturated carbocycles. The monoisotopic (exact) mass is 943 g/mol. The zero-order valence-electron chi connectivity index (χ0n) is 44.6. The lowest BCUT2D eigenvalue weighted by atomic mass is 10.1. The number of hydrogen-bond donors (Lipinski definition) is 0. The number of ether oxygens (including phenoxy) is 3. The molecule has 0 aromatic heterocycles. The molecule has 1 unspecified atom stereocenters. The van der Waals surface area contributed by atoms with Gasteiger partial charge in [0.05, 0.1) is 6.61 Å². The average Bonchev–Trinajstić information content (AvgIpc) is 3.34. The summed E-state index contributed by atoms with van der Waals surface area (Å²) < 4.78 is 17.5. The van der Waals surface area contributed by atoms with E-state index < -0.39 is 6.10 Å². The standard InChI is InChI=1S/C63H106O5/c1-4-7-10-13-16-19-22-25-28-31-34-37-40-43-46-49-52-55-58-66-59-61(68-63(65)57-54-51-48-45-42-39-36-33-30-27-24-21-18-15-12-9-6-3)60-67-62(64)56-53-50-47-44-41-38-35-32-29-26-23-20-17-14-11-8-5-2/h7-8,10-11,16-21,25-30,34,37,61H,4-6,9,12-15,22-24,31-33,35-36,38-60H2,1-3H3/b10-7-,11-8-,19-16-,20-17-,21-18-,28-25-,29-26-,30-27-,37-34-. The fraction of sp³-hybridized carbons (Fsp3) is 0.683. The second-order valence-corrected chi connectivity index (χ2v) is 18.4. The summed E-state index contributed by atoms with van der Waals surface area (Å²) in [6.45, 7) is 7.53. The highest BCUT2D eigenvalue weighted by atomic mass is 16.6. The molecule has 0 radical (unpaired) electrons. The van der Waals surface area contributed by atoms with Crippen molar-refractivity contribution in [3.05, 3.63) is 109 Å². The summed E-state index contributed by atoms with van der Waals surface area (Å²) in [6.07, 6.45) is 79.6. The fourth-order valence-corrected chi connectivity index (χ4v) is 7.60. The Kier molecular flexibility index (Phi) is 54.9. The second kappa shape index (κ2) is 57.9. The Morgan fingerprint density at radius 2 is 0.662 bits per heavy atom. The molecule has 0 saturated heterocycles. The summed E-state index contributed by atoms with van der Waals surface area (Å²) >= 11 is 0. The van der Waals surface area contributed by atoms with Gasteiger partial charge in [-0.15, -0.1) is 0 Å². The van der Waals surface area contributed by atoms with Gasteiger partial charge in [0.15, 0.2) is 6.10 Å². The third-order valence-electron chi connectivity index (χ3n) is 11.8. The van der Waals surface area contributed by atoms with Crippen LogP contribution in [0.4, 0.5) is 0 Å². The highest BCUT2D eigenvalue weighted by Gasteiger charge is 2.17. The van der Waals surface area contributed by atoms with Gasteiger partial charge in [-0.25, -0.2) is 0 Å². The van der Waals surface area contributed by atoms with Gasteiger partial charge in [-0.3, -0.25) is 9.59 Å². The topological polar surface area (TPSA) is 61.8 Å². The van der Waals surface area contributed by atoms with Crippen LogP contribution in [0, 0.1) is 0 Å². The van der Waals surface area contributed by atoms with E-state index in [4.69, 9.17) is 14.2 Å². The van der Waals surface area contributed by atoms with Crippen molar-refractivity contribution >= 4 is 11.9 Å². The van der Waals surface area contributed by atoms with Crippen LogP contribution in [0.1, 0.15) is 252 Å². The summed E-state index contributed by atoms with van der Waals surface area (Å²) in [5.41, 5.74) is 0. The van der Waals surface area contributed by atoms with E-state index in [0.717, 1.165) is 116 Å². The lowest BCUT2D eigenvalue weighted by molar-refractivity contribution is -0.163. The first kappa shape index (κ1) is 64.6. The molecule has 68 heavy (non-hydrogen) atoms. The Hall–Kier alpha value is -3.44. The Morgan fingerprint density at radius 3 is 1.06 bits per heavy atom. The molecule has 0 N–H and O–H groups in total. The molecule has 0 aromatic carbocycles. The molecular weight excluding hydrogens is 837 g/mol. The molecule has 0 amide bonds. The molecule has 0 heterocycles. The van der Waals surface area contributed by atoms with Crippen molar-refractivity contribution in [3.8, 4) is 0 Å². The summed E-state index contributed by atoms with van der Waals surface area (Å²) in [6, 6.07) is 0. The van der Waals surface area contributed by atoms with Gasteiger partial charge in [-0.05, 0) is 122 Å². The summed E-state index contributed by atoms with van der Waals surface area (Å²) in [5, 5.41) is 0. The lowest BCUT2D eigenvalue weighted by Crippen LogP contribution is -2.30. The van der Waals surface area contributed by atoms with E-state index in [-0.39, 0.29) is 25.2 Å². The fourth-order valence-electron chi connectivity index (χ4n) is 7.60. The van der Waals surface area contributed by atoms with Crippen molar-refractivity contribution < 1.29 is 23.8 Å². The number of unbranched alkanes of at least 4 members (excludes halogenated alkanes) is 22. The highest BCUT2D eigenvalue weighted by molar-refractivity contribution is 5.70. The summed E-state index contributed by atoms with van der Waals surface area (Å²) in [7, 11) is 0. The van der Waals surface area contributed by atoms with E-state index in [2.05, 4.69) is 130 Å². The van der Waals surface area contributed by atoms with Gasteiger partial charge in [-0.2, -0.15) is 0 Å². The van der Waals surface area contributed by atoms with E-state index in [1.54, 1.807) is 0 Å². The Morgan fingerprint density at radius 1 is 0.338 bits per heavy atom. The van der Waals surface area contributed by atoms with Crippen molar-refractivity contribution in [2.24, 2.45) is 0 Å². The van der Waals surface area contributed by atoms with Crippen molar-refractivity contribution in [1.82, 2.24) is 0 Å². The molecule has 0 fully saturated rings. The summed E-state index contributed by atoms with van der Waals surface area (Å²) in [4.78, 5) is 25.5. The molecule has 0 bridgehead atoms. The minimum atomic E-state index is -0.562. The molecule has 5 heteroatoms. The van der Waals surface area contributed by atoms with Crippen LogP contribution in [0.15, 0.2) is 109 Å². The smallest absolute Gasteiger partial charge is 0.306 e. The van der Waals surface area contributed by atoms with Crippen LogP contribution in [-0.2, 0) is 23.8 Å². The number of carbonyl (C=O) groups is 2. The Bertz CT molecular complexity index is 1340. The lowest BCUT2D eigenvalue weighted by Gasteiger charge is -2.18. The maximum absolute atomic E-state index is 12.9. The molecular formula is C63H106O5. The van der Waals surface area contributed by atoms with Crippen LogP contribution in [0.25, 0.3) is 0 Å². The van der Waals surface area contributed by atoms with Gasteiger partial charge in [0.2, 0.25) is 0 Å². The van der Waals surface area contributed by atoms with E-state index in [0.29, 0.717) is 19.4 Å². The first-order valence-electron chi connectivity index (χ1n) is 28.4. The van der Waals surface area contributed by atoms with Gasteiger partial charge in [0.1, 0.15) is 6.61 Å². The molecule has 388 valence electrons. The number of rotatable bonds is 51.